The monoisotopic (exact) mass is 244 g/mol. The molecule has 2 N–H and O–H groups in total. The van der Waals surface area contributed by atoms with Gasteiger partial charge in [-0.2, -0.15) is 0 Å². The molecule has 0 unspecified atom stereocenters. The minimum absolute atomic E-state index is 0.341. The fraction of sp³-hybridized carbons (Fsp3) is 0.214. The summed E-state index contributed by atoms with van der Waals surface area (Å²) in [5, 5.41) is 12.3. The second kappa shape index (κ2) is 4.96. The molecule has 0 bridgehead atoms. The first kappa shape index (κ1) is 12.2. The minimum atomic E-state index is -0.893. The quantitative estimate of drug-likeness (QED) is 0.869. The van der Waals surface area contributed by atoms with Gasteiger partial charge in [0.2, 0.25) is 0 Å². The van der Waals surface area contributed by atoms with Gasteiger partial charge in [-0.3, -0.25) is 0 Å². The summed E-state index contributed by atoms with van der Waals surface area (Å²) in [5.41, 5.74) is 3.13. The van der Waals surface area contributed by atoms with Crippen LogP contribution in [0, 0.1) is 6.92 Å². The number of carboxylic acid groups (broad SMARTS) is 1. The van der Waals surface area contributed by atoms with Crippen molar-refractivity contribution in [1.29, 1.82) is 0 Å². The van der Waals surface area contributed by atoms with Crippen molar-refractivity contribution < 1.29 is 9.90 Å². The van der Waals surface area contributed by atoms with Gasteiger partial charge in [0, 0.05) is 31.7 Å². The number of aryl methyl sites for hydroxylation is 1. The van der Waals surface area contributed by atoms with Crippen LogP contribution in [-0.4, -0.2) is 15.6 Å². The maximum atomic E-state index is 11.0. The predicted octanol–water partition coefficient (Wildman–Crippen LogP) is 2.64. The lowest BCUT2D eigenvalue weighted by Gasteiger charge is -2.10. The molecule has 0 saturated heterocycles. The van der Waals surface area contributed by atoms with Crippen molar-refractivity contribution >= 4 is 11.7 Å². The van der Waals surface area contributed by atoms with Gasteiger partial charge in [0.1, 0.15) is 0 Å². The molecule has 4 heteroatoms. The van der Waals surface area contributed by atoms with Crippen LogP contribution in [0.3, 0.4) is 0 Å². The average Bonchev–Trinajstić information content (AvgIpc) is 2.73. The normalized spacial score (nSPS) is 10.3. The highest BCUT2D eigenvalue weighted by atomic mass is 16.4. The molecule has 1 heterocycles. The second-order valence-corrected chi connectivity index (χ2v) is 4.32. The highest BCUT2D eigenvalue weighted by Gasteiger charge is 2.09. The van der Waals surface area contributed by atoms with E-state index in [0.29, 0.717) is 12.1 Å². The highest BCUT2D eigenvalue weighted by Crippen LogP contribution is 2.19. The largest absolute Gasteiger partial charge is 0.478 e. The third-order valence-corrected chi connectivity index (χ3v) is 2.94. The number of aromatic carboxylic acids is 1. The first-order valence-corrected chi connectivity index (χ1v) is 5.75. The van der Waals surface area contributed by atoms with Crippen LogP contribution in [0.4, 0.5) is 5.69 Å². The van der Waals surface area contributed by atoms with Gasteiger partial charge in [-0.25, -0.2) is 4.79 Å². The highest BCUT2D eigenvalue weighted by molar-refractivity contribution is 5.91. The van der Waals surface area contributed by atoms with E-state index in [2.05, 4.69) is 5.32 Å². The minimum Gasteiger partial charge on any atom is -0.478 e. The van der Waals surface area contributed by atoms with E-state index in [9.17, 15) is 4.79 Å². The molecule has 0 saturated carbocycles. The molecular weight excluding hydrogens is 228 g/mol. The smallest absolute Gasteiger partial charge is 0.336 e. The fourth-order valence-electron chi connectivity index (χ4n) is 1.92. The van der Waals surface area contributed by atoms with Gasteiger partial charge in [0.25, 0.3) is 0 Å². The molecule has 0 aliphatic carbocycles. The number of nitrogens with one attached hydrogen (secondary N) is 1. The van der Waals surface area contributed by atoms with Gasteiger partial charge in [0.05, 0.1) is 5.56 Å². The Hall–Kier alpha value is -2.23. The summed E-state index contributed by atoms with van der Waals surface area (Å²) in [5.74, 6) is -0.893. The van der Waals surface area contributed by atoms with Crippen LogP contribution in [0.1, 0.15) is 21.5 Å². The molecule has 0 aliphatic heterocycles. The summed E-state index contributed by atoms with van der Waals surface area (Å²) in [6, 6.07) is 7.29. The zero-order valence-electron chi connectivity index (χ0n) is 10.5. The summed E-state index contributed by atoms with van der Waals surface area (Å²) >= 11 is 0. The van der Waals surface area contributed by atoms with E-state index in [1.54, 1.807) is 12.1 Å². The molecule has 2 rings (SSSR count). The predicted molar refractivity (Wildman–Crippen MR) is 70.9 cm³/mol. The first-order chi connectivity index (χ1) is 8.58. The van der Waals surface area contributed by atoms with Crippen molar-refractivity contribution in [3.63, 3.8) is 0 Å². The first-order valence-electron chi connectivity index (χ1n) is 5.75. The lowest BCUT2D eigenvalue weighted by atomic mass is 10.1. The molecule has 0 atom stereocenters. The Kier molecular flexibility index (Phi) is 3.37. The molecular formula is C14H16N2O2. The zero-order valence-corrected chi connectivity index (χ0v) is 10.5. The van der Waals surface area contributed by atoms with E-state index in [-0.39, 0.29) is 0 Å². The number of hydrogen-bond donors (Lipinski definition) is 2. The van der Waals surface area contributed by atoms with Crippen LogP contribution in [0.5, 0.6) is 0 Å². The number of aromatic nitrogens is 1. The summed E-state index contributed by atoms with van der Waals surface area (Å²) in [7, 11) is 1.97. The number of benzene rings is 1. The number of carbonyl (C=O) groups is 1. The Bertz CT molecular complexity index is 573. The third kappa shape index (κ3) is 2.53. The molecule has 2 aromatic rings. The second-order valence-electron chi connectivity index (χ2n) is 4.32. The van der Waals surface area contributed by atoms with Crippen molar-refractivity contribution in [2.45, 2.75) is 13.5 Å². The van der Waals surface area contributed by atoms with Crippen LogP contribution in [0.25, 0.3) is 0 Å². The zero-order chi connectivity index (χ0) is 13.1. The van der Waals surface area contributed by atoms with Gasteiger partial charge in [0.15, 0.2) is 0 Å². The number of rotatable bonds is 4. The Balaban J connectivity index is 2.14. The number of anilines is 1. The summed E-state index contributed by atoms with van der Waals surface area (Å²) in [6.45, 7) is 2.50. The van der Waals surface area contributed by atoms with Gasteiger partial charge in [-0.1, -0.05) is 6.07 Å². The number of hydrogen-bond acceptors (Lipinski definition) is 2. The molecule has 94 valence electrons. The van der Waals surface area contributed by atoms with Crippen molar-refractivity contribution in [3.8, 4) is 0 Å². The maximum absolute atomic E-state index is 11.0. The Morgan fingerprint density at radius 2 is 2.17 bits per heavy atom. The van der Waals surface area contributed by atoms with Gasteiger partial charge in [-0.05, 0) is 36.2 Å². The lowest BCUT2D eigenvalue weighted by molar-refractivity contribution is 0.0696. The van der Waals surface area contributed by atoms with Crippen LogP contribution in [0.15, 0.2) is 36.7 Å². The molecule has 0 aliphatic rings. The van der Waals surface area contributed by atoms with E-state index in [4.69, 9.17) is 5.11 Å². The number of nitrogens with zero attached hydrogens (tertiary/aromatic N) is 1. The van der Waals surface area contributed by atoms with Gasteiger partial charge in [-0.15, -0.1) is 0 Å². The van der Waals surface area contributed by atoms with Crippen molar-refractivity contribution in [1.82, 2.24) is 4.57 Å². The van der Waals surface area contributed by atoms with E-state index in [1.165, 1.54) is 0 Å². The standard InChI is InChI=1S/C14H16N2O2/c1-10-12(14(17)18)4-3-5-13(10)15-8-11-6-7-16(2)9-11/h3-7,9,15H,8H2,1-2H3,(H,17,18). The Morgan fingerprint density at radius 1 is 1.39 bits per heavy atom. The van der Waals surface area contributed by atoms with E-state index in [1.807, 2.05) is 43.1 Å². The Labute approximate surface area is 106 Å². The lowest BCUT2D eigenvalue weighted by Crippen LogP contribution is -2.05. The summed E-state index contributed by atoms with van der Waals surface area (Å²) in [4.78, 5) is 11.0. The van der Waals surface area contributed by atoms with Crippen molar-refractivity contribution in [2.75, 3.05) is 5.32 Å². The average molecular weight is 244 g/mol. The topological polar surface area (TPSA) is 54.3 Å². The molecule has 0 fully saturated rings. The third-order valence-electron chi connectivity index (χ3n) is 2.94. The molecule has 1 aromatic carbocycles. The van der Waals surface area contributed by atoms with E-state index >= 15 is 0 Å². The molecule has 0 amide bonds. The summed E-state index contributed by atoms with van der Waals surface area (Å²) < 4.78 is 1.98. The van der Waals surface area contributed by atoms with Crippen molar-refractivity contribution in [2.24, 2.45) is 7.05 Å². The van der Waals surface area contributed by atoms with Crippen LogP contribution in [0.2, 0.25) is 0 Å². The molecule has 1 aromatic heterocycles. The van der Waals surface area contributed by atoms with Crippen LogP contribution < -0.4 is 5.32 Å². The molecule has 4 nitrogen and oxygen atoms in total. The van der Waals surface area contributed by atoms with E-state index in [0.717, 1.165) is 16.8 Å². The molecule has 0 radical (unpaired) electrons. The van der Waals surface area contributed by atoms with Gasteiger partial charge >= 0.3 is 5.97 Å². The fourth-order valence-corrected chi connectivity index (χ4v) is 1.92. The maximum Gasteiger partial charge on any atom is 0.336 e. The number of carboxylic acids is 1. The molecule has 0 spiro atoms. The van der Waals surface area contributed by atoms with Crippen LogP contribution in [-0.2, 0) is 13.6 Å². The van der Waals surface area contributed by atoms with E-state index < -0.39 is 5.97 Å². The summed E-state index contributed by atoms with van der Waals surface area (Å²) in [6.07, 6.45) is 4.01. The van der Waals surface area contributed by atoms with Gasteiger partial charge < -0.3 is 15.0 Å². The van der Waals surface area contributed by atoms with Crippen LogP contribution >= 0.6 is 0 Å². The molecule has 18 heavy (non-hydrogen) atoms. The van der Waals surface area contributed by atoms with Crippen molar-refractivity contribution in [3.05, 3.63) is 53.3 Å². The SMILES string of the molecule is Cc1c(NCc2ccn(C)c2)cccc1C(=O)O. The Morgan fingerprint density at radius 3 is 2.78 bits per heavy atom.